The molecule has 16 heavy (non-hydrogen) atoms. The lowest BCUT2D eigenvalue weighted by Crippen LogP contribution is -2.06. The fourth-order valence-corrected chi connectivity index (χ4v) is 2.54. The van der Waals surface area contributed by atoms with Gasteiger partial charge in [-0.05, 0) is 17.7 Å². The minimum Gasteiger partial charge on any atom is -0.481 e. The van der Waals surface area contributed by atoms with Gasteiger partial charge in [-0.3, -0.25) is 9.00 Å². The van der Waals surface area contributed by atoms with Crippen LogP contribution in [0.1, 0.15) is 12.0 Å². The van der Waals surface area contributed by atoms with Crippen molar-refractivity contribution in [3.05, 3.63) is 34.6 Å². The summed E-state index contributed by atoms with van der Waals surface area (Å²) >= 11 is 5.75. The van der Waals surface area contributed by atoms with Crippen molar-refractivity contribution in [3.8, 4) is 0 Å². The predicted octanol–water partition coefficient (Wildman–Crippen LogP) is 2.20. The van der Waals surface area contributed by atoms with Gasteiger partial charge in [0.1, 0.15) is 5.82 Å². The van der Waals surface area contributed by atoms with Crippen molar-refractivity contribution in [2.75, 3.05) is 5.75 Å². The first kappa shape index (κ1) is 13.1. The summed E-state index contributed by atoms with van der Waals surface area (Å²) < 4.78 is 24.2. The third kappa shape index (κ3) is 4.28. The number of carboxylic acids is 1. The van der Waals surface area contributed by atoms with Crippen molar-refractivity contribution < 1.29 is 18.5 Å². The van der Waals surface area contributed by atoms with Gasteiger partial charge in [0.2, 0.25) is 0 Å². The van der Waals surface area contributed by atoms with Crippen LogP contribution in [0.25, 0.3) is 0 Å². The average Bonchev–Trinajstić information content (AvgIpc) is 2.19. The van der Waals surface area contributed by atoms with E-state index in [4.69, 9.17) is 16.7 Å². The second kappa shape index (κ2) is 5.96. The lowest BCUT2D eigenvalue weighted by molar-refractivity contribution is -0.136. The minimum atomic E-state index is -1.30. The molecule has 1 atom stereocenters. The van der Waals surface area contributed by atoms with Crippen LogP contribution in [0, 0.1) is 5.82 Å². The summed E-state index contributed by atoms with van der Waals surface area (Å²) in [6.45, 7) is 0. The molecule has 0 amide bonds. The van der Waals surface area contributed by atoms with Gasteiger partial charge in [-0.15, -0.1) is 0 Å². The summed E-state index contributed by atoms with van der Waals surface area (Å²) in [4.78, 5) is 10.3. The molecule has 0 aromatic heterocycles. The number of rotatable bonds is 5. The second-order valence-corrected chi connectivity index (χ2v) is 5.15. The largest absolute Gasteiger partial charge is 0.481 e. The molecule has 1 rings (SSSR count). The number of benzene rings is 1. The number of halogens is 2. The van der Waals surface area contributed by atoms with E-state index in [1.165, 1.54) is 12.1 Å². The van der Waals surface area contributed by atoms with Crippen LogP contribution in [0.5, 0.6) is 0 Å². The average molecular weight is 265 g/mol. The quantitative estimate of drug-likeness (QED) is 0.887. The van der Waals surface area contributed by atoms with E-state index in [-0.39, 0.29) is 22.9 Å². The van der Waals surface area contributed by atoms with Gasteiger partial charge < -0.3 is 5.11 Å². The van der Waals surface area contributed by atoms with Crippen LogP contribution in [0.15, 0.2) is 18.2 Å². The first-order valence-electron chi connectivity index (χ1n) is 4.49. The van der Waals surface area contributed by atoms with Crippen molar-refractivity contribution in [2.24, 2.45) is 0 Å². The Kier molecular flexibility index (Phi) is 4.89. The first-order chi connectivity index (χ1) is 7.49. The molecule has 1 N–H and O–H groups in total. The topological polar surface area (TPSA) is 54.4 Å². The van der Waals surface area contributed by atoms with E-state index < -0.39 is 22.6 Å². The van der Waals surface area contributed by atoms with E-state index in [1.807, 2.05) is 0 Å². The van der Waals surface area contributed by atoms with Crippen LogP contribution in [-0.2, 0) is 21.3 Å². The van der Waals surface area contributed by atoms with Crippen LogP contribution in [0.2, 0.25) is 5.02 Å². The Bertz CT molecular complexity index is 423. The smallest absolute Gasteiger partial charge is 0.304 e. The first-order valence-corrected chi connectivity index (χ1v) is 6.36. The van der Waals surface area contributed by atoms with Crippen LogP contribution in [-0.4, -0.2) is 21.0 Å². The van der Waals surface area contributed by atoms with Crippen molar-refractivity contribution in [1.82, 2.24) is 0 Å². The molecule has 0 aliphatic carbocycles. The molecule has 0 heterocycles. The van der Waals surface area contributed by atoms with Gasteiger partial charge in [-0.1, -0.05) is 17.7 Å². The lowest BCUT2D eigenvalue weighted by Gasteiger charge is -2.03. The molecule has 0 spiro atoms. The van der Waals surface area contributed by atoms with Crippen LogP contribution < -0.4 is 0 Å². The third-order valence-electron chi connectivity index (χ3n) is 1.88. The number of aliphatic carboxylic acids is 1. The Labute approximate surface area is 99.7 Å². The van der Waals surface area contributed by atoms with E-state index in [9.17, 15) is 13.4 Å². The molecule has 3 nitrogen and oxygen atoms in total. The fraction of sp³-hybridized carbons (Fsp3) is 0.300. The molecule has 88 valence electrons. The molecule has 1 aromatic rings. The maximum atomic E-state index is 12.7. The Balaban J connectivity index is 2.59. The van der Waals surface area contributed by atoms with Gasteiger partial charge in [-0.25, -0.2) is 4.39 Å². The number of carboxylic acid groups (broad SMARTS) is 1. The summed E-state index contributed by atoms with van der Waals surface area (Å²) in [6, 6.07) is 3.83. The second-order valence-electron chi connectivity index (χ2n) is 3.17. The number of hydrogen-bond donors (Lipinski definition) is 1. The minimum absolute atomic E-state index is 0.0725. The zero-order valence-corrected chi connectivity index (χ0v) is 9.85. The molecule has 6 heteroatoms. The molecule has 0 bridgehead atoms. The van der Waals surface area contributed by atoms with Crippen molar-refractivity contribution >= 4 is 28.4 Å². The molecule has 1 aromatic carbocycles. The summed E-state index contributed by atoms with van der Waals surface area (Å²) in [6.07, 6.45) is -0.147. The van der Waals surface area contributed by atoms with Gasteiger partial charge in [-0.2, -0.15) is 0 Å². The van der Waals surface area contributed by atoms with E-state index in [0.29, 0.717) is 5.56 Å². The predicted molar refractivity (Wildman–Crippen MR) is 60.4 cm³/mol. The van der Waals surface area contributed by atoms with Gasteiger partial charge in [0, 0.05) is 21.6 Å². The maximum Gasteiger partial charge on any atom is 0.304 e. The molecule has 0 aliphatic rings. The van der Waals surface area contributed by atoms with Gasteiger partial charge in [0.25, 0.3) is 0 Å². The zero-order valence-electron chi connectivity index (χ0n) is 8.28. The van der Waals surface area contributed by atoms with Gasteiger partial charge in [0.15, 0.2) is 0 Å². The van der Waals surface area contributed by atoms with E-state index >= 15 is 0 Å². The standard InChI is InChI=1S/C10H10ClFO3S/c11-9-5-8(12)2-1-7(9)6-16(15)4-3-10(13)14/h1-2,5H,3-4,6H2,(H,13,14). The molecule has 0 radical (unpaired) electrons. The van der Waals surface area contributed by atoms with Gasteiger partial charge >= 0.3 is 5.97 Å². The van der Waals surface area contributed by atoms with E-state index in [1.54, 1.807) is 0 Å². The molecular formula is C10H10ClFO3S. The number of hydrogen-bond acceptors (Lipinski definition) is 2. The van der Waals surface area contributed by atoms with Crippen molar-refractivity contribution in [3.63, 3.8) is 0 Å². The Morgan fingerprint density at radius 1 is 1.50 bits per heavy atom. The zero-order chi connectivity index (χ0) is 12.1. The van der Waals surface area contributed by atoms with E-state index in [0.717, 1.165) is 6.07 Å². The molecule has 1 unspecified atom stereocenters. The van der Waals surface area contributed by atoms with Crippen LogP contribution >= 0.6 is 11.6 Å². The molecular weight excluding hydrogens is 255 g/mol. The summed E-state index contributed by atoms with van der Waals surface area (Å²) in [5.74, 6) is -1.22. The van der Waals surface area contributed by atoms with Gasteiger partial charge in [0.05, 0.1) is 12.2 Å². The SMILES string of the molecule is O=C(O)CCS(=O)Cc1ccc(F)cc1Cl. The Morgan fingerprint density at radius 2 is 2.19 bits per heavy atom. The maximum absolute atomic E-state index is 12.7. The monoisotopic (exact) mass is 264 g/mol. The lowest BCUT2D eigenvalue weighted by atomic mass is 10.2. The normalized spacial score (nSPS) is 12.4. The highest BCUT2D eigenvalue weighted by Crippen LogP contribution is 2.18. The Hall–Kier alpha value is -0.940. The van der Waals surface area contributed by atoms with Crippen LogP contribution in [0.4, 0.5) is 4.39 Å². The summed E-state index contributed by atoms with van der Waals surface area (Å²) in [5, 5.41) is 8.62. The summed E-state index contributed by atoms with van der Waals surface area (Å²) in [7, 11) is -1.30. The number of carbonyl (C=O) groups is 1. The highest BCUT2D eigenvalue weighted by molar-refractivity contribution is 7.84. The molecule has 0 saturated heterocycles. The van der Waals surface area contributed by atoms with Crippen molar-refractivity contribution in [1.29, 1.82) is 0 Å². The third-order valence-corrected chi connectivity index (χ3v) is 3.52. The van der Waals surface area contributed by atoms with Crippen LogP contribution in [0.3, 0.4) is 0 Å². The summed E-state index contributed by atoms with van der Waals surface area (Å²) in [5.41, 5.74) is 0.562. The highest BCUT2D eigenvalue weighted by Gasteiger charge is 2.08. The molecule has 0 saturated carbocycles. The van der Waals surface area contributed by atoms with Crippen molar-refractivity contribution in [2.45, 2.75) is 12.2 Å². The molecule has 0 aliphatic heterocycles. The fourth-order valence-electron chi connectivity index (χ4n) is 1.09. The Morgan fingerprint density at radius 3 is 2.75 bits per heavy atom. The highest BCUT2D eigenvalue weighted by atomic mass is 35.5. The van der Waals surface area contributed by atoms with E-state index in [2.05, 4.69) is 0 Å². The molecule has 0 fully saturated rings.